The summed E-state index contributed by atoms with van der Waals surface area (Å²) < 4.78 is 11.7. The van der Waals surface area contributed by atoms with E-state index < -0.39 is 6.10 Å². The normalized spacial score (nSPS) is 12.3. The molecule has 0 spiro atoms. The molecule has 4 heteroatoms. The van der Waals surface area contributed by atoms with Crippen LogP contribution in [0.4, 0.5) is 5.69 Å². The summed E-state index contributed by atoms with van der Waals surface area (Å²) in [5.41, 5.74) is 4.59. The van der Waals surface area contributed by atoms with Gasteiger partial charge in [-0.2, -0.15) is 0 Å². The molecule has 1 atom stereocenters. The average Bonchev–Trinajstić information content (AvgIpc) is 3.02. The largest absolute Gasteiger partial charge is 0.481 e. The van der Waals surface area contributed by atoms with Crippen molar-refractivity contribution in [3.8, 4) is 5.75 Å². The number of carbonyl (C=O) groups is 1. The van der Waals surface area contributed by atoms with Gasteiger partial charge >= 0.3 is 0 Å². The van der Waals surface area contributed by atoms with Gasteiger partial charge in [0.1, 0.15) is 16.9 Å². The van der Waals surface area contributed by atoms with Gasteiger partial charge in [0.05, 0.1) is 0 Å². The fourth-order valence-electron chi connectivity index (χ4n) is 3.09. The molecule has 4 aromatic rings. The van der Waals surface area contributed by atoms with E-state index in [9.17, 15) is 4.79 Å². The molecule has 4 rings (SSSR count). The zero-order valence-electron chi connectivity index (χ0n) is 15.6. The molecule has 0 bridgehead atoms. The standard InChI is InChI=1S/C23H21NO3/c1-14-8-10-18(12-15(14)2)26-16(3)23(25)24-17-9-11-20-19-6-4-5-7-21(19)27-22(20)13-17/h4-13,16H,1-3H3,(H,24,25). The van der Waals surface area contributed by atoms with E-state index in [0.717, 1.165) is 27.5 Å². The number of rotatable bonds is 4. The van der Waals surface area contributed by atoms with Crippen LogP contribution in [-0.4, -0.2) is 12.0 Å². The van der Waals surface area contributed by atoms with Crippen LogP contribution in [0.2, 0.25) is 0 Å². The lowest BCUT2D eigenvalue weighted by atomic mass is 10.1. The lowest BCUT2D eigenvalue weighted by Gasteiger charge is -2.15. The molecule has 0 fully saturated rings. The lowest BCUT2D eigenvalue weighted by molar-refractivity contribution is -0.122. The number of furan rings is 1. The first-order valence-electron chi connectivity index (χ1n) is 8.97. The molecule has 136 valence electrons. The third-order valence-electron chi connectivity index (χ3n) is 4.81. The molecule has 27 heavy (non-hydrogen) atoms. The number of hydrogen-bond donors (Lipinski definition) is 1. The van der Waals surface area contributed by atoms with Gasteiger partial charge in [0.25, 0.3) is 5.91 Å². The number of para-hydroxylation sites is 1. The summed E-state index contributed by atoms with van der Waals surface area (Å²) in [6, 6.07) is 19.4. The molecule has 1 N–H and O–H groups in total. The molecule has 1 heterocycles. The first kappa shape index (κ1) is 17.2. The second kappa shape index (κ2) is 6.80. The number of aryl methyl sites for hydroxylation is 2. The van der Waals surface area contributed by atoms with Gasteiger partial charge in [0, 0.05) is 22.5 Å². The zero-order chi connectivity index (χ0) is 19.0. The van der Waals surface area contributed by atoms with Crippen LogP contribution in [-0.2, 0) is 4.79 Å². The van der Waals surface area contributed by atoms with Crippen LogP contribution >= 0.6 is 0 Å². The van der Waals surface area contributed by atoms with Crippen molar-refractivity contribution in [2.45, 2.75) is 26.9 Å². The Morgan fingerprint density at radius 1 is 0.926 bits per heavy atom. The Bertz CT molecular complexity index is 1140. The maximum Gasteiger partial charge on any atom is 0.265 e. The van der Waals surface area contributed by atoms with Crippen molar-refractivity contribution >= 4 is 33.5 Å². The Morgan fingerprint density at radius 3 is 2.52 bits per heavy atom. The van der Waals surface area contributed by atoms with Crippen molar-refractivity contribution < 1.29 is 13.9 Å². The minimum Gasteiger partial charge on any atom is -0.481 e. The highest BCUT2D eigenvalue weighted by Gasteiger charge is 2.16. The number of hydrogen-bond acceptors (Lipinski definition) is 3. The van der Waals surface area contributed by atoms with Crippen molar-refractivity contribution in [2.75, 3.05) is 5.32 Å². The molecular weight excluding hydrogens is 338 g/mol. The van der Waals surface area contributed by atoms with Gasteiger partial charge in [0.2, 0.25) is 0 Å². The van der Waals surface area contributed by atoms with Crippen LogP contribution in [0.15, 0.2) is 65.1 Å². The molecule has 0 saturated heterocycles. The van der Waals surface area contributed by atoms with Crippen molar-refractivity contribution in [2.24, 2.45) is 0 Å². The van der Waals surface area contributed by atoms with Gasteiger partial charge in [-0.25, -0.2) is 0 Å². The maximum atomic E-state index is 12.5. The highest BCUT2D eigenvalue weighted by atomic mass is 16.5. The van der Waals surface area contributed by atoms with E-state index in [1.165, 1.54) is 5.56 Å². The van der Waals surface area contributed by atoms with Crippen molar-refractivity contribution in [1.29, 1.82) is 0 Å². The van der Waals surface area contributed by atoms with Crippen LogP contribution in [0, 0.1) is 13.8 Å². The van der Waals surface area contributed by atoms with Crippen molar-refractivity contribution in [1.82, 2.24) is 0 Å². The first-order valence-corrected chi connectivity index (χ1v) is 8.97. The Hall–Kier alpha value is -3.27. The fraction of sp³-hybridized carbons (Fsp3) is 0.174. The van der Waals surface area contributed by atoms with E-state index in [2.05, 4.69) is 5.32 Å². The topological polar surface area (TPSA) is 51.5 Å². The maximum absolute atomic E-state index is 12.5. The van der Waals surface area contributed by atoms with Gasteiger partial charge in [-0.1, -0.05) is 24.3 Å². The summed E-state index contributed by atoms with van der Waals surface area (Å²) in [6.45, 7) is 5.81. The molecule has 4 nitrogen and oxygen atoms in total. The van der Waals surface area contributed by atoms with Gasteiger partial charge < -0.3 is 14.5 Å². The highest BCUT2D eigenvalue weighted by molar-refractivity contribution is 6.06. The third kappa shape index (κ3) is 3.38. The fourth-order valence-corrected chi connectivity index (χ4v) is 3.09. The number of fused-ring (bicyclic) bond motifs is 3. The average molecular weight is 359 g/mol. The third-order valence-corrected chi connectivity index (χ3v) is 4.81. The Labute approximate surface area is 157 Å². The molecule has 1 amide bonds. The van der Waals surface area contributed by atoms with Crippen molar-refractivity contribution in [3.63, 3.8) is 0 Å². The Balaban J connectivity index is 1.51. The van der Waals surface area contributed by atoms with Crippen LogP contribution in [0.5, 0.6) is 5.75 Å². The summed E-state index contributed by atoms with van der Waals surface area (Å²) in [4.78, 5) is 12.5. The van der Waals surface area contributed by atoms with E-state index in [1.54, 1.807) is 6.92 Å². The second-order valence-electron chi connectivity index (χ2n) is 6.80. The molecule has 1 aromatic heterocycles. The molecule has 3 aromatic carbocycles. The monoisotopic (exact) mass is 359 g/mol. The van der Waals surface area contributed by atoms with E-state index in [-0.39, 0.29) is 5.91 Å². The van der Waals surface area contributed by atoms with Crippen LogP contribution in [0.3, 0.4) is 0 Å². The molecule has 0 aliphatic heterocycles. The predicted octanol–water partition coefficient (Wildman–Crippen LogP) is 5.61. The number of nitrogens with one attached hydrogen (secondary N) is 1. The quantitative estimate of drug-likeness (QED) is 0.515. The molecule has 0 aliphatic rings. The summed E-state index contributed by atoms with van der Waals surface area (Å²) in [5.74, 6) is 0.483. The molecular formula is C23H21NO3. The van der Waals surface area contributed by atoms with Crippen LogP contribution < -0.4 is 10.1 Å². The van der Waals surface area contributed by atoms with Crippen molar-refractivity contribution in [3.05, 3.63) is 71.8 Å². The predicted molar refractivity (Wildman–Crippen MR) is 108 cm³/mol. The van der Waals surface area contributed by atoms with Gasteiger partial charge in [-0.05, 0) is 62.2 Å². The second-order valence-corrected chi connectivity index (χ2v) is 6.80. The molecule has 0 radical (unpaired) electrons. The molecule has 0 saturated carbocycles. The van der Waals surface area contributed by atoms with E-state index in [0.29, 0.717) is 11.4 Å². The van der Waals surface area contributed by atoms with Crippen LogP contribution in [0.1, 0.15) is 18.1 Å². The lowest BCUT2D eigenvalue weighted by Crippen LogP contribution is -2.30. The number of ether oxygens (including phenoxy) is 1. The molecule has 0 aliphatic carbocycles. The number of anilines is 1. The number of carbonyl (C=O) groups excluding carboxylic acids is 1. The first-order chi connectivity index (χ1) is 13.0. The van der Waals surface area contributed by atoms with Gasteiger partial charge in [0.15, 0.2) is 6.10 Å². The zero-order valence-corrected chi connectivity index (χ0v) is 15.6. The van der Waals surface area contributed by atoms with E-state index >= 15 is 0 Å². The SMILES string of the molecule is Cc1ccc(OC(C)C(=O)Nc2ccc3c(c2)oc2ccccc23)cc1C. The minimum absolute atomic E-state index is 0.205. The van der Waals surface area contributed by atoms with E-state index in [1.807, 2.05) is 74.5 Å². The Morgan fingerprint density at radius 2 is 1.70 bits per heavy atom. The summed E-state index contributed by atoms with van der Waals surface area (Å²) >= 11 is 0. The van der Waals surface area contributed by atoms with Gasteiger partial charge in [-0.3, -0.25) is 4.79 Å². The number of benzene rings is 3. The summed E-state index contributed by atoms with van der Waals surface area (Å²) in [6.07, 6.45) is -0.613. The Kier molecular flexibility index (Phi) is 4.32. The smallest absolute Gasteiger partial charge is 0.265 e. The summed E-state index contributed by atoms with van der Waals surface area (Å²) in [7, 11) is 0. The summed E-state index contributed by atoms with van der Waals surface area (Å²) in [5, 5.41) is 5.00. The minimum atomic E-state index is -0.613. The molecule has 1 unspecified atom stereocenters. The number of amides is 1. The van der Waals surface area contributed by atoms with Gasteiger partial charge in [-0.15, -0.1) is 0 Å². The van der Waals surface area contributed by atoms with Crippen LogP contribution in [0.25, 0.3) is 21.9 Å². The van der Waals surface area contributed by atoms with E-state index in [4.69, 9.17) is 9.15 Å². The highest BCUT2D eigenvalue weighted by Crippen LogP contribution is 2.30.